The first-order chi connectivity index (χ1) is 20.9. The second-order valence-electron chi connectivity index (χ2n) is 10.6. The van der Waals surface area contributed by atoms with Gasteiger partial charge in [-0.25, -0.2) is 4.79 Å². The highest BCUT2D eigenvalue weighted by molar-refractivity contribution is 6.10. The van der Waals surface area contributed by atoms with Crippen LogP contribution < -0.4 is 15.1 Å². The number of unbranched alkanes of at least 4 members (excludes halogenated alkanes) is 1. The number of rotatable bonds is 9. The molecule has 1 aliphatic heterocycles. The van der Waals surface area contributed by atoms with Gasteiger partial charge in [-0.1, -0.05) is 67.4 Å². The summed E-state index contributed by atoms with van der Waals surface area (Å²) in [6, 6.07) is 28.5. The molecular weight excluding hydrogens is 542 g/mol. The maximum absolute atomic E-state index is 13.9. The van der Waals surface area contributed by atoms with E-state index in [-0.39, 0.29) is 16.8 Å². The first-order valence-corrected chi connectivity index (χ1v) is 14.4. The van der Waals surface area contributed by atoms with Crippen LogP contribution in [0.3, 0.4) is 0 Å². The van der Waals surface area contributed by atoms with Gasteiger partial charge in [0.05, 0.1) is 29.2 Å². The number of esters is 1. The molecule has 0 bridgehead atoms. The molecule has 6 rings (SSSR count). The Balaban J connectivity index is 1.38. The summed E-state index contributed by atoms with van der Waals surface area (Å²) in [6.45, 7) is 4.70. The second kappa shape index (κ2) is 12.0. The standard InChI is InChI=1S/C36H31NO6/c1-3-4-20-41-36(40)26-11-15-27(16-12-26)37-32(25-13-17-28(18-14-25)42-22-24-8-6-5-7-9-24)31-33(38)29-21-23(2)10-19-30(29)43-34(31)35(37)39/h5-19,21,32H,3-4,20,22H2,1-2H3. The molecule has 0 fully saturated rings. The molecule has 2 heterocycles. The van der Waals surface area contributed by atoms with E-state index in [4.69, 9.17) is 13.9 Å². The zero-order valence-electron chi connectivity index (χ0n) is 24.0. The maximum atomic E-state index is 13.9. The molecular formula is C36H31NO6. The Morgan fingerprint density at radius 2 is 1.65 bits per heavy atom. The van der Waals surface area contributed by atoms with E-state index in [2.05, 4.69) is 0 Å². The molecule has 0 saturated heterocycles. The van der Waals surface area contributed by atoms with Gasteiger partial charge in [-0.15, -0.1) is 0 Å². The number of nitrogens with zero attached hydrogens (tertiary/aromatic N) is 1. The molecule has 1 aliphatic rings. The number of hydrogen-bond donors (Lipinski definition) is 0. The Morgan fingerprint density at radius 3 is 2.37 bits per heavy atom. The van der Waals surface area contributed by atoms with Crippen molar-refractivity contribution in [2.75, 3.05) is 11.5 Å². The van der Waals surface area contributed by atoms with Crippen LogP contribution in [0.25, 0.3) is 11.0 Å². The van der Waals surface area contributed by atoms with Gasteiger partial charge in [-0.3, -0.25) is 14.5 Å². The third-order valence-electron chi connectivity index (χ3n) is 7.58. The van der Waals surface area contributed by atoms with E-state index in [0.29, 0.717) is 41.2 Å². The van der Waals surface area contributed by atoms with Crippen molar-refractivity contribution in [3.63, 3.8) is 0 Å². The van der Waals surface area contributed by atoms with Crippen molar-refractivity contribution in [2.45, 2.75) is 39.3 Å². The average molecular weight is 574 g/mol. The summed E-state index contributed by atoms with van der Waals surface area (Å²) in [6.07, 6.45) is 1.71. The molecule has 1 atom stereocenters. The van der Waals surface area contributed by atoms with E-state index < -0.39 is 17.9 Å². The van der Waals surface area contributed by atoms with Crippen LogP contribution in [0.15, 0.2) is 106 Å². The summed E-state index contributed by atoms with van der Waals surface area (Å²) in [5, 5.41) is 0.423. The zero-order valence-corrected chi connectivity index (χ0v) is 24.0. The largest absolute Gasteiger partial charge is 0.489 e. The van der Waals surface area contributed by atoms with Crippen molar-refractivity contribution < 1.29 is 23.5 Å². The number of carbonyl (C=O) groups is 2. The lowest BCUT2D eigenvalue weighted by atomic mass is 9.97. The Labute approximate surface area is 249 Å². The van der Waals surface area contributed by atoms with Gasteiger partial charge in [0.25, 0.3) is 5.91 Å². The summed E-state index contributed by atoms with van der Waals surface area (Å²) in [5.41, 5.74) is 3.99. The number of anilines is 1. The number of ether oxygens (including phenoxy) is 2. The molecule has 7 nitrogen and oxygen atoms in total. The van der Waals surface area contributed by atoms with E-state index in [1.54, 1.807) is 41.3 Å². The first kappa shape index (κ1) is 28.0. The Morgan fingerprint density at radius 1 is 0.907 bits per heavy atom. The Bertz CT molecular complexity index is 1840. The lowest BCUT2D eigenvalue weighted by Gasteiger charge is -2.25. The fraction of sp³-hybridized carbons (Fsp3) is 0.194. The highest BCUT2D eigenvalue weighted by Crippen LogP contribution is 2.41. The first-order valence-electron chi connectivity index (χ1n) is 14.4. The zero-order chi connectivity index (χ0) is 29.9. The van der Waals surface area contributed by atoms with Gasteiger partial charge < -0.3 is 13.9 Å². The molecule has 0 spiro atoms. The van der Waals surface area contributed by atoms with Crippen molar-refractivity contribution in [3.8, 4) is 5.75 Å². The Kier molecular flexibility index (Phi) is 7.79. The summed E-state index contributed by atoms with van der Waals surface area (Å²) >= 11 is 0. The normalized spacial score (nSPS) is 14.1. The van der Waals surface area contributed by atoms with Crippen LogP contribution in [0.5, 0.6) is 5.75 Å². The van der Waals surface area contributed by atoms with Gasteiger partial charge >= 0.3 is 5.97 Å². The third kappa shape index (κ3) is 5.54. The number of hydrogen-bond acceptors (Lipinski definition) is 6. The van der Waals surface area contributed by atoms with Gasteiger partial charge in [0, 0.05) is 5.69 Å². The number of carbonyl (C=O) groups excluding carboxylic acids is 2. The summed E-state index contributed by atoms with van der Waals surface area (Å²) < 4.78 is 17.4. The van der Waals surface area contributed by atoms with Crippen LogP contribution in [-0.2, 0) is 11.3 Å². The van der Waals surface area contributed by atoms with Crippen LogP contribution in [0.2, 0.25) is 0 Å². The van der Waals surface area contributed by atoms with Gasteiger partial charge in [-0.05, 0) is 73.0 Å². The minimum absolute atomic E-state index is 0.0128. The summed E-state index contributed by atoms with van der Waals surface area (Å²) in [5.74, 6) is -0.172. The van der Waals surface area contributed by atoms with E-state index in [1.807, 2.05) is 74.5 Å². The molecule has 4 aromatic carbocycles. The molecule has 1 amide bonds. The van der Waals surface area contributed by atoms with Crippen LogP contribution in [0, 0.1) is 6.92 Å². The van der Waals surface area contributed by atoms with Crippen LogP contribution in [0.1, 0.15) is 69.0 Å². The van der Waals surface area contributed by atoms with E-state index in [0.717, 1.165) is 29.5 Å². The molecule has 0 aliphatic carbocycles. The summed E-state index contributed by atoms with van der Waals surface area (Å²) in [7, 11) is 0. The lowest BCUT2D eigenvalue weighted by molar-refractivity contribution is 0.0499. The van der Waals surface area contributed by atoms with Gasteiger partial charge in [0.1, 0.15) is 17.9 Å². The number of aryl methyl sites for hydroxylation is 1. The topological polar surface area (TPSA) is 86.0 Å². The van der Waals surface area contributed by atoms with Crippen molar-refractivity contribution in [2.24, 2.45) is 0 Å². The minimum Gasteiger partial charge on any atom is -0.489 e. The predicted octanol–water partition coefficient (Wildman–Crippen LogP) is 7.39. The Hall–Kier alpha value is -5.17. The predicted molar refractivity (Wildman–Crippen MR) is 165 cm³/mol. The van der Waals surface area contributed by atoms with Crippen molar-refractivity contribution >= 4 is 28.5 Å². The molecule has 1 unspecified atom stereocenters. The number of fused-ring (bicyclic) bond motifs is 2. The molecule has 7 heteroatoms. The van der Waals surface area contributed by atoms with Crippen LogP contribution in [0.4, 0.5) is 5.69 Å². The second-order valence-corrected chi connectivity index (χ2v) is 10.6. The SMILES string of the molecule is CCCCOC(=O)c1ccc(N2C(=O)c3oc4ccc(C)cc4c(=O)c3C2c2ccc(OCc3ccccc3)cc2)cc1. The number of amides is 1. The van der Waals surface area contributed by atoms with E-state index in [9.17, 15) is 14.4 Å². The van der Waals surface area contributed by atoms with Gasteiger partial charge in [0.2, 0.25) is 5.76 Å². The lowest BCUT2D eigenvalue weighted by Crippen LogP contribution is -2.29. The van der Waals surface area contributed by atoms with Crippen molar-refractivity contribution in [1.82, 2.24) is 0 Å². The van der Waals surface area contributed by atoms with E-state index >= 15 is 0 Å². The molecule has 43 heavy (non-hydrogen) atoms. The highest BCUT2D eigenvalue weighted by atomic mass is 16.5. The smallest absolute Gasteiger partial charge is 0.338 e. The maximum Gasteiger partial charge on any atom is 0.338 e. The molecule has 216 valence electrons. The average Bonchev–Trinajstić information content (AvgIpc) is 3.33. The van der Waals surface area contributed by atoms with E-state index in [1.165, 1.54) is 0 Å². The fourth-order valence-electron chi connectivity index (χ4n) is 5.31. The molecule has 0 radical (unpaired) electrons. The van der Waals surface area contributed by atoms with Crippen molar-refractivity contribution in [3.05, 3.63) is 141 Å². The molecule has 1 aromatic heterocycles. The minimum atomic E-state index is -0.741. The summed E-state index contributed by atoms with van der Waals surface area (Å²) in [4.78, 5) is 41.9. The molecule has 5 aromatic rings. The fourth-order valence-corrected chi connectivity index (χ4v) is 5.31. The monoisotopic (exact) mass is 573 g/mol. The highest BCUT2D eigenvalue weighted by Gasteiger charge is 2.43. The molecule has 0 N–H and O–H groups in total. The van der Waals surface area contributed by atoms with Gasteiger partial charge in [0.15, 0.2) is 5.43 Å². The number of benzene rings is 4. The van der Waals surface area contributed by atoms with Gasteiger partial charge in [-0.2, -0.15) is 0 Å². The third-order valence-corrected chi connectivity index (χ3v) is 7.58. The van der Waals surface area contributed by atoms with Crippen molar-refractivity contribution in [1.29, 1.82) is 0 Å². The molecule has 0 saturated carbocycles. The quantitative estimate of drug-likeness (QED) is 0.135. The van der Waals surface area contributed by atoms with Crippen LogP contribution >= 0.6 is 0 Å². The van der Waals surface area contributed by atoms with Crippen LogP contribution in [-0.4, -0.2) is 18.5 Å².